The van der Waals surface area contributed by atoms with Gasteiger partial charge in [-0.2, -0.15) is 0 Å². The molecule has 0 radical (unpaired) electrons. The van der Waals surface area contributed by atoms with Crippen LogP contribution >= 0.6 is 11.3 Å². The second-order valence-electron chi connectivity index (χ2n) is 5.25. The number of hydrogen-bond donors (Lipinski definition) is 1. The predicted molar refractivity (Wildman–Crippen MR) is 94.4 cm³/mol. The van der Waals surface area contributed by atoms with E-state index in [-0.39, 0.29) is 19.1 Å². The monoisotopic (exact) mass is 342 g/mol. The second-order valence-corrected chi connectivity index (χ2v) is 6.28. The molecule has 0 saturated carbocycles. The molecule has 0 saturated heterocycles. The van der Waals surface area contributed by atoms with Crippen molar-refractivity contribution in [3.05, 3.63) is 59.1 Å². The number of benzene rings is 2. The number of aliphatic hydroxyl groups is 1. The highest BCUT2D eigenvalue weighted by molar-refractivity contribution is 7.20. The first-order valence-corrected chi connectivity index (χ1v) is 8.42. The van der Waals surface area contributed by atoms with Crippen molar-refractivity contribution in [2.45, 2.75) is 6.54 Å². The van der Waals surface area contributed by atoms with E-state index in [1.165, 1.54) is 11.3 Å². The Morgan fingerprint density at radius 3 is 2.71 bits per heavy atom. The first kappa shape index (κ1) is 16.4. The van der Waals surface area contributed by atoms with Crippen molar-refractivity contribution in [3.8, 4) is 5.75 Å². The zero-order chi connectivity index (χ0) is 16.9. The van der Waals surface area contributed by atoms with Crippen LogP contribution in [0, 0.1) is 0 Å². The number of nitrogens with zero attached hydrogens (tertiary/aromatic N) is 2. The second kappa shape index (κ2) is 7.42. The summed E-state index contributed by atoms with van der Waals surface area (Å²) >= 11 is 1.36. The number of hydrogen-bond acceptors (Lipinski definition) is 5. The molecule has 0 atom stereocenters. The van der Waals surface area contributed by atoms with E-state index in [2.05, 4.69) is 4.98 Å². The number of rotatable bonds is 6. The molecular weight excluding hydrogens is 324 g/mol. The maximum Gasteiger partial charge on any atom is 0.283 e. The number of aromatic nitrogens is 1. The molecule has 0 bridgehead atoms. The summed E-state index contributed by atoms with van der Waals surface area (Å²) in [7, 11) is 1.60. The number of methoxy groups -OCH3 is 1. The normalized spacial score (nSPS) is 10.8. The summed E-state index contributed by atoms with van der Waals surface area (Å²) in [5, 5.41) is 9.76. The van der Waals surface area contributed by atoms with Gasteiger partial charge in [0.25, 0.3) is 5.91 Å². The third-order valence-corrected chi connectivity index (χ3v) is 4.71. The molecule has 5 nitrogen and oxygen atoms in total. The van der Waals surface area contributed by atoms with Crippen LogP contribution in [0.15, 0.2) is 48.5 Å². The summed E-state index contributed by atoms with van der Waals surface area (Å²) in [6.07, 6.45) is 0. The van der Waals surface area contributed by atoms with Gasteiger partial charge in [0, 0.05) is 18.7 Å². The van der Waals surface area contributed by atoms with Crippen LogP contribution in [0.4, 0.5) is 0 Å². The molecule has 24 heavy (non-hydrogen) atoms. The van der Waals surface area contributed by atoms with Crippen LogP contribution in [0.25, 0.3) is 10.2 Å². The lowest BCUT2D eigenvalue weighted by molar-refractivity contribution is 0.0706. The van der Waals surface area contributed by atoms with E-state index in [9.17, 15) is 9.90 Å². The van der Waals surface area contributed by atoms with Gasteiger partial charge in [-0.15, -0.1) is 11.3 Å². The van der Waals surface area contributed by atoms with Gasteiger partial charge in [0.15, 0.2) is 5.01 Å². The first-order chi connectivity index (χ1) is 11.7. The quantitative estimate of drug-likeness (QED) is 0.748. The molecule has 3 rings (SSSR count). The summed E-state index contributed by atoms with van der Waals surface area (Å²) in [5.41, 5.74) is 1.70. The largest absolute Gasteiger partial charge is 0.496 e. The zero-order valence-corrected chi connectivity index (χ0v) is 14.1. The minimum absolute atomic E-state index is 0.105. The fourth-order valence-electron chi connectivity index (χ4n) is 2.51. The molecule has 0 fully saturated rings. The SMILES string of the molecule is COc1ccccc1CN(CCO)C(=O)c1nc2ccccc2s1. The Morgan fingerprint density at radius 2 is 1.96 bits per heavy atom. The minimum Gasteiger partial charge on any atom is -0.496 e. The highest BCUT2D eigenvalue weighted by Gasteiger charge is 2.20. The number of amides is 1. The average molecular weight is 342 g/mol. The highest BCUT2D eigenvalue weighted by atomic mass is 32.1. The maximum atomic E-state index is 12.8. The van der Waals surface area contributed by atoms with Gasteiger partial charge in [-0.1, -0.05) is 30.3 Å². The van der Waals surface area contributed by atoms with Crippen molar-refractivity contribution < 1.29 is 14.6 Å². The topological polar surface area (TPSA) is 62.7 Å². The smallest absolute Gasteiger partial charge is 0.283 e. The molecule has 2 aromatic carbocycles. The van der Waals surface area contributed by atoms with E-state index >= 15 is 0 Å². The van der Waals surface area contributed by atoms with E-state index in [1.54, 1.807) is 12.0 Å². The van der Waals surface area contributed by atoms with Crippen molar-refractivity contribution >= 4 is 27.5 Å². The van der Waals surface area contributed by atoms with E-state index in [4.69, 9.17) is 4.74 Å². The van der Waals surface area contributed by atoms with Crippen LogP contribution in [0.2, 0.25) is 0 Å². The summed E-state index contributed by atoms with van der Waals surface area (Å²) < 4.78 is 6.32. The van der Waals surface area contributed by atoms with E-state index < -0.39 is 0 Å². The molecule has 0 aliphatic heterocycles. The fraction of sp³-hybridized carbons (Fsp3) is 0.222. The van der Waals surface area contributed by atoms with Gasteiger partial charge in [-0.25, -0.2) is 4.98 Å². The van der Waals surface area contributed by atoms with Gasteiger partial charge in [-0.3, -0.25) is 4.79 Å². The van der Waals surface area contributed by atoms with Crippen molar-refractivity contribution in [1.29, 1.82) is 0 Å². The number of aliphatic hydroxyl groups excluding tert-OH is 1. The molecule has 0 unspecified atom stereocenters. The lowest BCUT2D eigenvalue weighted by Gasteiger charge is -2.21. The van der Waals surface area contributed by atoms with Gasteiger partial charge in [-0.05, 0) is 18.2 Å². The summed E-state index contributed by atoms with van der Waals surface area (Å²) in [6, 6.07) is 15.2. The van der Waals surface area contributed by atoms with Crippen LogP contribution in [0.3, 0.4) is 0 Å². The third kappa shape index (κ3) is 3.39. The van der Waals surface area contributed by atoms with Crippen LogP contribution in [0.5, 0.6) is 5.75 Å². The Bertz CT molecular complexity index is 814. The van der Waals surface area contributed by atoms with Gasteiger partial charge >= 0.3 is 0 Å². The van der Waals surface area contributed by atoms with Crippen LogP contribution in [-0.4, -0.2) is 41.2 Å². The Kier molecular flexibility index (Phi) is 5.08. The fourth-order valence-corrected chi connectivity index (χ4v) is 3.44. The molecule has 3 aromatic rings. The Morgan fingerprint density at radius 1 is 1.21 bits per heavy atom. The standard InChI is InChI=1S/C18H18N2O3S/c1-23-15-8-4-2-6-13(15)12-20(10-11-21)18(22)17-19-14-7-3-5-9-16(14)24-17/h2-9,21H,10-12H2,1H3. The molecule has 1 N–H and O–H groups in total. The number of carbonyl (C=O) groups excluding carboxylic acids is 1. The molecular formula is C18H18N2O3S. The molecule has 0 spiro atoms. The Hall–Kier alpha value is -2.44. The van der Waals surface area contributed by atoms with Crippen molar-refractivity contribution in [1.82, 2.24) is 9.88 Å². The number of para-hydroxylation sites is 2. The highest BCUT2D eigenvalue weighted by Crippen LogP contribution is 2.24. The van der Waals surface area contributed by atoms with Crippen LogP contribution in [-0.2, 0) is 6.54 Å². The van der Waals surface area contributed by atoms with Crippen LogP contribution in [0.1, 0.15) is 15.4 Å². The average Bonchev–Trinajstić information content (AvgIpc) is 3.05. The van der Waals surface area contributed by atoms with E-state index in [0.29, 0.717) is 11.6 Å². The number of ether oxygens (including phenoxy) is 1. The summed E-state index contributed by atoms with van der Waals surface area (Å²) in [5.74, 6) is 0.536. The molecule has 1 heterocycles. The van der Waals surface area contributed by atoms with E-state index in [1.807, 2.05) is 48.5 Å². The van der Waals surface area contributed by atoms with Crippen molar-refractivity contribution in [3.63, 3.8) is 0 Å². The molecule has 0 aliphatic carbocycles. The third-order valence-electron chi connectivity index (χ3n) is 3.69. The van der Waals surface area contributed by atoms with Gasteiger partial charge < -0.3 is 14.7 Å². The number of fused-ring (bicyclic) bond motifs is 1. The first-order valence-electron chi connectivity index (χ1n) is 7.60. The van der Waals surface area contributed by atoms with E-state index in [0.717, 1.165) is 21.5 Å². The molecule has 6 heteroatoms. The molecule has 0 aliphatic rings. The molecule has 124 valence electrons. The minimum atomic E-state index is -0.184. The van der Waals surface area contributed by atoms with Crippen molar-refractivity contribution in [2.24, 2.45) is 0 Å². The zero-order valence-electron chi connectivity index (χ0n) is 13.3. The summed E-state index contributed by atoms with van der Waals surface area (Å²) in [4.78, 5) is 18.8. The Labute approximate surface area is 144 Å². The predicted octanol–water partition coefficient (Wildman–Crippen LogP) is 2.94. The van der Waals surface area contributed by atoms with Gasteiger partial charge in [0.1, 0.15) is 5.75 Å². The van der Waals surface area contributed by atoms with Crippen molar-refractivity contribution in [2.75, 3.05) is 20.3 Å². The maximum absolute atomic E-state index is 12.8. The lowest BCUT2D eigenvalue weighted by atomic mass is 10.2. The van der Waals surface area contributed by atoms with Gasteiger partial charge in [0.05, 0.1) is 23.9 Å². The lowest BCUT2D eigenvalue weighted by Crippen LogP contribution is -2.33. The van der Waals surface area contributed by atoms with Gasteiger partial charge in [0.2, 0.25) is 0 Å². The summed E-state index contributed by atoms with van der Waals surface area (Å²) in [6.45, 7) is 0.498. The number of carbonyl (C=O) groups is 1. The molecule has 1 amide bonds. The molecule has 1 aromatic heterocycles. The Balaban J connectivity index is 1.88. The van der Waals surface area contributed by atoms with Crippen LogP contribution < -0.4 is 4.74 Å². The number of thiazole rings is 1.